The third-order valence-corrected chi connectivity index (χ3v) is 1.35. The maximum atomic E-state index is 4.14. The van der Waals surface area contributed by atoms with E-state index in [1.807, 2.05) is 13.8 Å². The number of rotatable bonds is 2. The van der Waals surface area contributed by atoms with Crippen molar-refractivity contribution in [3.63, 3.8) is 0 Å². The van der Waals surface area contributed by atoms with Crippen LogP contribution in [0.1, 0.15) is 25.5 Å². The van der Waals surface area contributed by atoms with E-state index in [2.05, 4.69) is 26.9 Å². The summed E-state index contributed by atoms with van der Waals surface area (Å²) in [5.74, 6) is 6.98. The number of nitrogens with zero attached hydrogens (tertiary/aromatic N) is 4. The van der Waals surface area contributed by atoms with Crippen LogP contribution in [0, 0.1) is 18.8 Å². The Bertz CT molecular complexity index is 365. The van der Waals surface area contributed by atoms with E-state index < -0.39 is 0 Å². The highest BCUT2D eigenvalue weighted by molar-refractivity contribution is 5.59. The maximum absolute atomic E-state index is 4.14. The molecular weight excluding hydrogens is 164 g/mol. The molecular formula is C9H12N4. The van der Waals surface area contributed by atoms with Crippen LogP contribution in [0.15, 0.2) is 4.99 Å². The second kappa shape index (κ2) is 4.41. The molecule has 0 saturated heterocycles. The molecule has 0 aromatic carbocycles. The average molecular weight is 176 g/mol. The molecule has 0 saturated carbocycles. The van der Waals surface area contributed by atoms with Crippen LogP contribution in [0.5, 0.6) is 0 Å². The Hall–Kier alpha value is -1.63. The first kappa shape index (κ1) is 9.46. The number of aliphatic imine (C=N–C) groups is 1. The van der Waals surface area contributed by atoms with Crippen LogP contribution in [-0.4, -0.2) is 27.6 Å². The highest BCUT2D eigenvalue weighted by Gasteiger charge is 2.00. The monoisotopic (exact) mass is 176 g/mol. The van der Waals surface area contributed by atoms with Gasteiger partial charge in [0.05, 0.1) is 0 Å². The van der Waals surface area contributed by atoms with E-state index in [1.54, 1.807) is 17.9 Å². The first-order chi connectivity index (χ1) is 6.27. The maximum Gasteiger partial charge on any atom is 0.209 e. The number of hydrogen-bond donors (Lipinski definition) is 0. The van der Waals surface area contributed by atoms with Gasteiger partial charge in [0.25, 0.3) is 0 Å². The van der Waals surface area contributed by atoms with Gasteiger partial charge in [0, 0.05) is 6.54 Å². The van der Waals surface area contributed by atoms with Crippen LogP contribution in [0.2, 0.25) is 0 Å². The number of aryl methyl sites for hydroxylation is 1. The van der Waals surface area contributed by atoms with Crippen LogP contribution in [0.4, 0.5) is 0 Å². The van der Waals surface area contributed by atoms with E-state index in [0.29, 0.717) is 11.6 Å². The lowest BCUT2D eigenvalue weighted by atomic mass is 10.5. The lowest BCUT2D eigenvalue weighted by Gasteiger charge is -1.89. The molecule has 0 aliphatic carbocycles. The Morgan fingerprint density at radius 1 is 1.62 bits per heavy atom. The van der Waals surface area contributed by atoms with Crippen LogP contribution in [-0.2, 0) is 0 Å². The summed E-state index contributed by atoms with van der Waals surface area (Å²) in [6, 6.07) is 0. The molecule has 68 valence electrons. The zero-order valence-electron chi connectivity index (χ0n) is 8.07. The minimum absolute atomic E-state index is 0.636. The molecule has 0 fully saturated rings. The minimum atomic E-state index is 0.636. The van der Waals surface area contributed by atoms with Gasteiger partial charge in [-0.2, -0.15) is 4.68 Å². The van der Waals surface area contributed by atoms with E-state index in [0.717, 1.165) is 6.54 Å². The standard InChI is InChI=1S/C9H12N4/c1-4-6-9-11-8(3)12-13(9)7-10-5-2/h7H,5H2,1-3H3. The average Bonchev–Trinajstić information content (AvgIpc) is 2.44. The van der Waals surface area contributed by atoms with Gasteiger partial charge >= 0.3 is 0 Å². The Labute approximate surface area is 77.7 Å². The van der Waals surface area contributed by atoms with Gasteiger partial charge in [0.1, 0.15) is 12.2 Å². The zero-order valence-corrected chi connectivity index (χ0v) is 8.07. The van der Waals surface area contributed by atoms with Crippen LogP contribution in [0.25, 0.3) is 0 Å². The smallest absolute Gasteiger partial charge is 0.209 e. The van der Waals surface area contributed by atoms with Gasteiger partial charge in [-0.1, -0.05) is 5.92 Å². The first-order valence-electron chi connectivity index (χ1n) is 4.13. The first-order valence-corrected chi connectivity index (χ1v) is 4.13. The predicted molar refractivity (Wildman–Crippen MR) is 51.7 cm³/mol. The molecule has 0 unspecified atom stereocenters. The molecule has 4 nitrogen and oxygen atoms in total. The fourth-order valence-electron chi connectivity index (χ4n) is 0.867. The Kier molecular flexibility index (Phi) is 3.21. The highest BCUT2D eigenvalue weighted by atomic mass is 15.3. The summed E-state index contributed by atoms with van der Waals surface area (Å²) in [6.45, 7) is 6.30. The normalized spacial score (nSPS) is 10.1. The molecule has 13 heavy (non-hydrogen) atoms. The molecule has 4 heteroatoms. The van der Waals surface area contributed by atoms with Gasteiger partial charge < -0.3 is 0 Å². The lowest BCUT2D eigenvalue weighted by Crippen LogP contribution is -2.01. The van der Waals surface area contributed by atoms with Crippen molar-refractivity contribution in [3.05, 3.63) is 11.6 Å². The van der Waals surface area contributed by atoms with Gasteiger partial charge in [-0.3, -0.25) is 4.99 Å². The second-order valence-corrected chi connectivity index (χ2v) is 2.42. The van der Waals surface area contributed by atoms with Crippen molar-refractivity contribution in [2.24, 2.45) is 4.99 Å². The van der Waals surface area contributed by atoms with Gasteiger partial charge in [0.2, 0.25) is 5.82 Å². The molecule has 0 aliphatic rings. The van der Waals surface area contributed by atoms with Crippen molar-refractivity contribution in [3.8, 4) is 11.8 Å². The summed E-state index contributed by atoms with van der Waals surface area (Å²) in [6.07, 6.45) is 1.64. The summed E-state index contributed by atoms with van der Waals surface area (Å²) in [7, 11) is 0. The predicted octanol–water partition coefficient (Wildman–Crippen LogP) is 0.854. The third-order valence-electron chi connectivity index (χ3n) is 1.35. The molecule has 0 aliphatic heterocycles. The van der Waals surface area contributed by atoms with Gasteiger partial charge in [-0.05, 0) is 26.7 Å². The molecule has 0 bridgehead atoms. The Balaban J connectivity index is 3.02. The van der Waals surface area contributed by atoms with Crippen molar-refractivity contribution in [2.45, 2.75) is 20.8 Å². The molecule has 0 N–H and O–H groups in total. The van der Waals surface area contributed by atoms with Crippen LogP contribution >= 0.6 is 0 Å². The fourth-order valence-corrected chi connectivity index (χ4v) is 0.867. The fraction of sp³-hybridized carbons (Fsp3) is 0.444. The van der Waals surface area contributed by atoms with E-state index >= 15 is 0 Å². The summed E-state index contributed by atoms with van der Waals surface area (Å²) >= 11 is 0. The second-order valence-electron chi connectivity index (χ2n) is 2.42. The summed E-state index contributed by atoms with van der Waals surface area (Å²) < 4.78 is 1.59. The van der Waals surface area contributed by atoms with Crippen LogP contribution in [0.3, 0.4) is 0 Å². The van der Waals surface area contributed by atoms with Crippen molar-refractivity contribution < 1.29 is 0 Å². The largest absolute Gasteiger partial charge is 0.274 e. The Morgan fingerprint density at radius 3 is 3.00 bits per heavy atom. The van der Waals surface area contributed by atoms with E-state index in [-0.39, 0.29) is 0 Å². The summed E-state index contributed by atoms with van der Waals surface area (Å²) in [5.41, 5.74) is 0. The third kappa shape index (κ3) is 2.41. The topological polar surface area (TPSA) is 43.1 Å². The van der Waals surface area contributed by atoms with Crippen molar-refractivity contribution in [1.82, 2.24) is 14.8 Å². The van der Waals surface area contributed by atoms with Crippen LogP contribution < -0.4 is 0 Å². The van der Waals surface area contributed by atoms with Gasteiger partial charge in [-0.15, -0.1) is 5.10 Å². The molecule has 0 spiro atoms. The van der Waals surface area contributed by atoms with E-state index in [1.165, 1.54) is 0 Å². The SMILES string of the molecule is CC#Cc1nc(C)nn1C=NCC. The van der Waals surface area contributed by atoms with E-state index in [4.69, 9.17) is 0 Å². The minimum Gasteiger partial charge on any atom is -0.274 e. The van der Waals surface area contributed by atoms with Gasteiger partial charge in [0.15, 0.2) is 0 Å². The summed E-state index contributed by atoms with van der Waals surface area (Å²) in [5, 5.41) is 4.12. The lowest BCUT2D eigenvalue weighted by molar-refractivity contribution is 0.910. The molecule has 0 radical (unpaired) electrons. The number of hydrogen-bond acceptors (Lipinski definition) is 3. The van der Waals surface area contributed by atoms with Crippen molar-refractivity contribution >= 4 is 6.34 Å². The molecule has 0 amide bonds. The molecule has 1 rings (SSSR count). The molecule has 1 heterocycles. The van der Waals surface area contributed by atoms with Crippen molar-refractivity contribution in [2.75, 3.05) is 6.54 Å². The van der Waals surface area contributed by atoms with E-state index in [9.17, 15) is 0 Å². The quantitative estimate of drug-likeness (QED) is 0.381. The molecule has 1 aromatic rings. The number of aromatic nitrogens is 3. The Morgan fingerprint density at radius 2 is 2.38 bits per heavy atom. The molecule has 1 aromatic heterocycles. The molecule has 0 atom stereocenters. The zero-order chi connectivity index (χ0) is 9.68. The van der Waals surface area contributed by atoms with Gasteiger partial charge in [-0.25, -0.2) is 4.98 Å². The highest BCUT2D eigenvalue weighted by Crippen LogP contribution is 1.92. The summed E-state index contributed by atoms with van der Waals surface area (Å²) in [4.78, 5) is 8.21. The van der Waals surface area contributed by atoms with Crippen molar-refractivity contribution in [1.29, 1.82) is 0 Å².